The molecule has 0 aliphatic carbocycles. The van der Waals surface area contributed by atoms with Gasteiger partial charge in [0, 0.05) is 18.8 Å². The fourth-order valence-corrected chi connectivity index (χ4v) is 1.46. The SMILES string of the molecule is CCC(O)(Cc1ccncc1)OCOC(=O)C(C)C. The monoisotopic (exact) mass is 267 g/mol. The standard InChI is InChI=1S/C14H21NO4/c1-4-14(17,9-12-5-7-15-8-6-12)19-10-18-13(16)11(2)3/h5-8,11,17H,4,9-10H2,1-3H3. The molecular formula is C14H21NO4. The fourth-order valence-electron chi connectivity index (χ4n) is 1.46. The summed E-state index contributed by atoms with van der Waals surface area (Å²) in [4.78, 5) is 15.2. The van der Waals surface area contributed by atoms with Gasteiger partial charge in [-0.3, -0.25) is 9.78 Å². The third kappa shape index (κ3) is 5.36. The first kappa shape index (κ1) is 15.6. The Morgan fingerprint density at radius 1 is 1.42 bits per heavy atom. The predicted molar refractivity (Wildman–Crippen MR) is 70.1 cm³/mol. The van der Waals surface area contributed by atoms with Crippen LogP contribution in [-0.4, -0.2) is 28.6 Å². The molecule has 0 fully saturated rings. The normalized spacial score (nSPS) is 14.2. The molecule has 0 saturated heterocycles. The maximum Gasteiger partial charge on any atom is 0.310 e. The molecule has 0 bridgehead atoms. The van der Waals surface area contributed by atoms with Gasteiger partial charge in [-0.2, -0.15) is 0 Å². The molecule has 0 aliphatic rings. The zero-order valence-electron chi connectivity index (χ0n) is 11.6. The molecule has 1 heterocycles. The molecule has 0 amide bonds. The summed E-state index contributed by atoms with van der Waals surface area (Å²) in [6.07, 6.45) is 4.04. The molecule has 5 heteroatoms. The van der Waals surface area contributed by atoms with Crippen LogP contribution < -0.4 is 0 Å². The summed E-state index contributed by atoms with van der Waals surface area (Å²) in [5, 5.41) is 10.3. The molecule has 1 aromatic heterocycles. The average molecular weight is 267 g/mol. The molecule has 0 aromatic carbocycles. The molecule has 0 aliphatic heterocycles. The molecule has 19 heavy (non-hydrogen) atoms. The lowest BCUT2D eigenvalue weighted by Crippen LogP contribution is -2.35. The van der Waals surface area contributed by atoms with Crippen molar-refractivity contribution in [3.8, 4) is 0 Å². The highest BCUT2D eigenvalue weighted by atomic mass is 16.7. The summed E-state index contributed by atoms with van der Waals surface area (Å²) in [6, 6.07) is 3.62. The second-order valence-corrected chi connectivity index (χ2v) is 4.71. The minimum atomic E-state index is -1.33. The summed E-state index contributed by atoms with van der Waals surface area (Å²) >= 11 is 0. The van der Waals surface area contributed by atoms with Gasteiger partial charge in [0.1, 0.15) is 0 Å². The van der Waals surface area contributed by atoms with Crippen molar-refractivity contribution in [2.45, 2.75) is 39.4 Å². The number of pyridine rings is 1. The quantitative estimate of drug-likeness (QED) is 0.603. The molecule has 1 aromatic rings. The van der Waals surface area contributed by atoms with E-state index >= 15 is 0 Å². The van der Waals surface area contributed by atoms with Gasteiger partial charge in [0.15, 0.2) is 12.6 Å². The maximum absolute atomic E-state index is 11.3. The van der Waals surface area contributed by atoms with Crippen LogP contribution in [-0.2, 0) is 20.7 Å². The van der Waals surface area contributed by atoms with Crippen LogP contribution in [0.1, 0.15) is 32.8 Å². The molecule has 5 nitrogen and oxygen atoms in total. The Kier molecular flexibility index (Phi) is 5.92. The van der Waals surface area contributed by atoms with E-state index in [-0.39, 0.29) is 18.7 Å². The van der Waals surface area contributed by atoms with Crippen LogP contribution in [0, 0.1) is 5.92 Å². The molecule has 0 saturated carbocycles. The minimum absolute atomic E-state index is 0.210. The number of hydrogen-bond donors (Lipinski definition) is 1. The van der Waals surface area contributed by atoms with E-state index in [2.05, 4.69) is 4.98 Å². The van der Waals surface area contributed by atoms with Gasteiger partial charge in [-0.25, -0.2) is 0 Å². The summed E-state index contributed by atoms with van der Waals surface area (Å²) in [5.41, 5.74) is 0.912. The van der Waals surface area contributed by atoms with Gasteiger partial charge in [0.2, 0.25) is 0 Å². The number of carbonyl (C=O) groups is 1. The highest BCUT2D eigenvalue weighted by Gasteiger charge is 2.26. The third-order valence-corrected chi connectivity index (χ3v) is 2.78. The van der Waals surface area contributed by atoms with E-state index < -0.39 is 5.79 Å². The zero-order chi connectivity index (χ0) is 14.3. The fraction of sp³-hybridized carbons (Fsp3) is 0.571. The number of nitrogens with zero attached hydrogens (tertiary/aromatic N) is 1. The van der Waals surface area contributed by atoms with Crippen LogP contribution in [0.4, 0.5) is 0 Å². The van der Waals surface area contributed by atoms with Gasteiger partial charge in [0.05, 0.1) is 5.92 Å². The summed E-state index contributed by atoms with van der Waals surface area (Å²) in [5.74, 6) is -1.89. The van der Waals surface area contributed by atoms with Gasteiger partial charge >= 0.3 is 5.97 Å². The van der Waals surface area contributed by atoms with E-state index in [1.807, 2.05) is 19.1 Å². The van der Waals surface area contributed by atoms with E-state index in [1.165, 1.54) is 0 Å². The predicted octanol–water partition coefficient (Wildman–Crippen LogP) is 1.90. The van der Waals surface area contributed by atoms with Crippen LogP contribution in [0.2, 0.25) is 0 Å². The molecule has 1 rings (SSSR count). The molecule has 0 spiro atoms. The lowest BCUT2D eigenvalue weighted by molar-refractivity contribution is -0.245. The number of esters is 1. The first-order valence-electron chi connectivity index (χ1n) is 6.38. The van der Waals surface area contributed by atoms with Crippen molar-refractivity contribution in [2.75, 3.05) is 6.79 Å². The van der Waals surface area contributed by atoms with Crippen molar-refractivity contribution in [1.29, 1.82) is 0 Å². The smallest absolute Gasteiger partial charge is 0.310 e. The van der Waals surface area contributed by atoms with Crippen molar-refractivity contribution in [1.82, 2.24) is 4.98 Å². The van der Waals surface area contributed by atoms with Crippen molar-refractivity contribution in [3.63, 3.8) is 0 Å². The lowest BCUT2D eigenvalue weighted by atomic mass is 10.0. The van der Waals surface area contributed by atoms with Gasteiger partial charge in [-0.05, 0) is 24.1 Å². The van der Waals surface area contributed by atoms with Gasteiger partial charge < -0.3 is 14.6 Å². The first-order chi connectivity index (χ1) is 8.97. The first-order valence-corrected chi connectivity index (χ1v) is 6.38. The Balaban J connectivity index is 2.49. The van der Waals surface area contributed by atoms with Crippen molar-refractivity contribution in [3.05, 3.63) is 30.1 Å². The molecule has 1 unspecified atom stereocenters. The van der Waals surface area contributed by atoms with Gasteiger partial charge in [-0.15, -0.1) is 0 Å². The zero-order valence-corrected chi connectivity index (χ0v) is 11.6. The largest absolute Gasteiger partial charge is 0.438 e. The van der Waals surface area contributed by atoms with Crippen LogP contribution in [0.5, 0.6) is 0 Å². The molecule has 1 atom stereocenters. The van der Waals surface area contributed by atoms with Crippen LogP contribution in [0.3, 0.4) is 0 Å². The van der Waals surface area contributed by atoms with E-state index in [0.29, 0.717) is 12.8 Å². The Morgan fingerprint density at radius 2 is 2.05 bits per heavy atom. The van der Waals surface area contributed by atoms with E-state index in [9.17, 15) is 9.90 Å². The second kappa shape index (κ2) is 7.21. The summed E-state index contributed by atoms with van der Waals surface area (Å²) < 4.78 is 10.2. The number of carbonyl (C=O) groups excluding carboxylic acids is 1. The van der Waals surface area contributed by atoms with Gasteiger partial charge in [0.25, 0.3) is 0 Å². The second-order valence-electron chi connectivity index (χ2n) is 4.71. The Bertz CT molecular complexity index is 394. The number of ether oxygens (including phenoxy) is 2. The van der Waals surface area contributed by atoms with Crippen molar-refractivity contribution in [2.24, 2.45) is 5.92 Å². The average Bonchev–Trinajstić information content (AvgIpc) is 2.39. The Morgan fingerprint density at radius 3 is 2.58 bits per heavy atom. The number of rotatable bonds is 7. The van der Waals surface area contributed by atoms with Crippen LogP contribution >= 0.6 is 0 Å². The molecule has 1 N–H and O–H groups in total. The Labute approximate surface area is 113 Å². The van der Waals surface area contributed by atoms with E-state index in [0.717, 1.165) is 5.56 Å². The summed E-state index contributed by atoms with van der Waals surface area (Å²) in [7, 11) is 0. The van der Waals surface area contributed by atoms with E-state index in [4.69, 9.17) is 9.47 Å². The van der Waals surface area contributed by atoms with Crippen LogP contribution in [0.25, 0.3) is 0 Å². The number of aliphatic hydroxyl groups is 1. The third-order valence-electron chi connectivity index (χ3n) is 2.78. The van der Waals surface area contributed by atoms with Crippen molar-refractivity contribution < 1.29 is 19.4 Å². The lowest BCUT2D eigenvalue weighted by Gasteiger charge is -2.26. The molecule has 0 radical (unpaired) electrons. The van der Waals surface area contributed by atoms with E-state index in [1.54, 1.807) is 26.2 Å². The number of hydrogen-bond acceptors (Lipinski definition) is 5. The highest BCUT2D eigenvalue weighted by molar-refractivity contribution is 5.71. The minimum Gasteiger partial charge on any atom is -0.438 e. The molecular weight excluding hydrogens is 246 g/mol. The van der Waals surface area contributed by atoms with Crippen molar-refractivity contribution >= 4 is 5.97 Å². The summed E-state index contributed by atoms with van der Waals surface area (Å²) in [6.45, 7) is 5.05. The maximum atomic E-state index is 11.3. The van der Waals surface area contributed by atoms with Crippen LogP contribution in [0.15, 0.2) is 24.5 Å². The number of aromatic nitrogens is 1. The topological polar surface area (TPSA) is 68.7 Å². The highest BCUT2D eigenvalue weighted by Crippen LogP contribution is 2.18. The Hall–Kier alpha value is -1.46. The molecule has 106 valence electrons. The van der Waals surface area contributed by atoms with Gasteiger partial charge in [-0.1, -0.05) is 20.8 Å².